The SMILES string of the molecule is CC/C=C\C/C=C\C/C=C\C/C=C\CCCCCCCCCCCCCCCCCCC(=O)OCC(COC(=O)CCCCCCC/C=C\CCC)OC(=O)CCCCCCCCCCCCCCCCCCCCCCCCCCCC. The minimum atomic E-state index is -0.775. The van der Waals surface area contributed by atoms with E-state index < -0.39 is 6.10 Å². The van der Waals surface area contributed by atoms with Crippen molar-refractivity contribution >= 4 is 17.9 Å². The highest BCUT2D eigenvalue weighted by Gasteiger charge is 2.19. The molecule has 0 heterocycles. The minimum Gasteiger partial charge on any atom is -0.462 e. The van der Waals surface area contributed by atoms with Gasteiger partial charge < -0.3 is 14.2 Å². The van der Waals surface area contributed by atoms with Crippen LogP contribution in [0.3, 0.4) is 0 Å². The Labute approximate surface area is 517 Å². The van der Waals surface area contributed by atoms with Crippen LogP contribution in [0.25, 0.3) is 0 Å². The third-order valence-corrected chi connectivity index (χ3v) is 16.5. The molecule has 0 radical (unpaired) electrons. The Hall–Kier alpha value is -2.89. The Balaban J connectivity index is 4.11. The van der Waals surface area contributed by atoms with Crippen molar-refractivity contribution in [2.75, 3.05) is 13.2 Å². The van der Waals surface area contributed by atoms with Gasteiger partial charge in [0.2, 0.25) is 0 Å². The third kappa shape index (κ3) is 69.8. The van der Waals surface area contributed by atoms with Crippen LogP contribution in [0.15, 0.2) is 60.8 Å². The molecule has 0 saturated heterocycles. The maximum atomic E-state index is 12.9. The molecule has 6 heteroatoms. The van der Waals surface area contributed by atoms with Crippen LogP contribution < -0.4 is 0 Å². The van der Waals surface area contributed by atoms with Crippen molar-refractivity contribution in [2.45, 2.75) is 399 Å². The summed E-state index contributed by atoms with van der Waals surface area (Å²) in [7, 11) is 0. The second-order valence-corrected chi connectivity index (χ2v) is 24.8. The molecule has 0 aromatic rings. The molecule has 0 rings (SSSR count). The summed E-state index contributed by atoms with van der Waals surface area (Å²) in [6, 6.07) is 0. The van der Waals surface area contributed by atoms with Crippen molar-refractivity contribution in [3.05, 3.63) is 60.8 Å². The fourth-order valence-electron chi connectivity index (χ4n) is 11.0. The summed E-state index contributed by atoms with van der Waals surface area (Å²) in [5.74, 6) is -0.857. The molecular formula is C77H140O6. The van der Waals surface area contributed by atoms with Crippen molar-refractivity contribution in [1.29, 1.82) is 0 Å². The van der Waals surface area contributed by atoms with Gasteiger partial charge in [-0.3, -0.25) is 14.4 Å². The van der Waals surface area contributed by atoms with E-state index in [1.165, 1.54) is 257 Å². The zero-order valence-electron chi connectivity index (χ0n) is 55.7. The van der Waals surface area contributed by atoms with Crippen LogP contribution in [0, 0.1) is 0 Å². The first-order chi connectivity index (χ1) is 41.0. The number of carbonyl (C=O) groups is 3. The molecule has 0 aromatic carbocycles. The van der Waals surface area contributed by atoms with E-state index in [4.69, 9.17) is 14.2 Å². The van der Waals surface area contributed by atoms with Gasteiger partial charge in [0, 0.05) is 19.3 Å². The van der Waals surface area contributed by atoms with Gasteiger partial charge in [0.25, 0.3) is 0 Å². The fourth-order valence-corrected chi connectivity index (χ4v) is 11.0. The van der Waals surface area contributed by atoms with Gasteiger partial charge in [0.05, 0.1) is 0 Å². The monoisotopic (exact) mass is 1160 g/mol. The van der Waals surface area contributed by atoms with E-state index in [0.29, 0.717) is 19.3 Å². The number of hydrogen-bond donors (Lipinski definition) is 0. The first kappa shape index (κ1) is 80.1. The summed E-state index contributed by atoms with van der Waals surface area (Å²) >= 11 is 0. The quantitative estimate of drug-likeness (QED) is 0.0261. The van der Waals surface area contributed by atoms with E-state index in [2.05, 4.69) is 81.5 Å². The van der Waals surface area contributed by atoms with E-state index >= 15 is 0 Å². The summed E-state index contributed by atoms with van der Waals surface area (Å²) < 4.78 is 17.0. The van der Waals surface area contributed by atoms with Gasteiger partial charge in [0.1, 0.15) is 13.2 Å². The van der Waals surface area contributed by atoms with Gasteiger partial charge in [-0.2, -0.15) is 0 Å². The molecule has 484 valence electrons. The van der Waals surface area contributed by atoms with E-state index in [0.717, 1.165) is 96.3 Å². The Bertz CT molecular complexity index is 1470. The molecule has 0 aliphatic heterocycles. The highest BCUT2D eigenvalue weighted by Crippen LogP contribution is 2.19. The van der Waals surface area contributed by atoms with Gasteiger partial charge >= 0.3 is 17.9 Å². The number of rotatable bonds is 68. The average Bonchev–Trinajstić information content (AvgIpc) is 3.49. The summed E-state index contributed by atoms with van der Waals surface area (Å²) in [6.45, 7) is 6.53. The molecule has 6 nitrogen and oxygen atoms in total. The zero-order valence-corrected chi connectivity index (χ0v) is 55.7. The lowest BCUT2D eigenvalue weighted by molar-refractivity contribution is -0.167. The van der Waals surface area contributed by atoms with Crippen molar-refractivity contribution in [1.82, 2.24) is 0 Å². The number of esters is 3. The van der Waals surface area contributed by atoms with Gasteiger partial charge in [0.15, 0.2) is 6.10 Å². The lowest BCUT2D eigenvalue weighted by Gasteiger charge is -2.18. The maximum Gasteiger partial charge on any atom is 0.306 e. The van der Waals surface area contributed by atoms with E-state index in [9.17, 15) is 14.4 Å². The van der Waals surface area contributed by atoms with Gasteiger partial charge in [-0.25, -0.2) is 0 Å². The number of allylic oxidation sites excluding steroid dienone is 10. The van der Waals surface area contributed by atoms with Crippen LogP contribution in [0.1, 0.15) is 393 Å². The standard InChI is InChI=1S/C77H140O6/c1-4-7-10-13-16-19-22-24-26-28-30-32-34-36-38-39-40-42-43-45-47-49-51-53-55-58-61-64-67-70-76(79)82-73-74(72-81-75(78)69-66-63-60-57-21-18-15-12-9-6-3)83-77(80)71-68-65-62-59-56-54-52-50-48-46-44-41-37-35-33-31-29-27-25-23-20-17-14-11-8-5-2/h7,10,12,15-16,19,24,26,30,32,74H,4-6,8-9,11,13-14,17-18,20-23,25,27-29,31,33-73H2,1-3H3/b10-7-,15-12-,19-16-,26-24-,32-30-. The minimum absolute atomic E-state index is 0.0716. The molecule has 0 saturated carbocycles. The lowest BCUT2D eigenvalue weighted by atomic mass is 10.0. The Morgan fingerprint density at radius 3 is 0.795 bits per heavy atom. The predicted molar refractivity (Wildman–Crippen MR) is 362 cm³/mol. The zero-order chi connectivity index (χ0) is 59.9. The van der Waals surface area contributed by atoms with Crippen LogP contribution in [0.5, 0.6) is 0 Å². The fraction of sp³-hybridized carbons (Fsp3) is 0.831. The number of hydrogen-bond acceptors (Lipinski definition) is 6. The lowest BCUT2D eigenvalue weighted by Crippen LogP contribution is -2.30. The molecular weight excluding hydrogens is 1020 g/mol. The first-order valence-electron chi connectivity index (χ1n) is 36.8. The second kappa shape index (κ2) is 71.6. The van der Waals surface area contributed by atoms with Crippen LogP contribution in [0.2, 0.25) is 0 Å². The van der Waals surface area contributed by atoms with Gasteiger partial charge in [-0.15, -0.1) is 0 Å². The summed E-state index contributed by atoms with van der Waals surface area (Å²) in [6.07, 6.45) is 92.8. The molecule has 0 aliphatic carbocycles. The molecule has 0 N–H and O–H groups in total. The second-order valence-electron chi connectivity index (χ2n) is 24.8. The van der Waals surface area contributed by atoms with E-state index in [1.807, 2.05) is 0 Å². The molecule has 0 aromatic heterocycles. The van der Waals surface area contributed by atoms with Crippen LogP contribution >= 0.6 is 0 Å². The normalized spacial score (nSPS) is 12.4. The summed E-state index contributed by atoms with van der Waals surface area (Å²) in [4.78, 5) is 38.4. The number of carbonyl (C=O) groups excluding carboxylic acids is 3. The van der Waals surface area contributed by atoms with E-state index in [-0.39, 0.29) is 31.1 Å². The third-order valence-electron chi connectivity index (χ3n) is 16.5. The van der Waals surface area contributed by atoms with Crippen LogP contribution in [-0.4, -0.2) is 37.2 Å². The number of ether oxygens (including phenoxy) is 3. The van der Waals surface area contributed by atoms with E-state index in [1.54, 1.807) is 0 Å². The molecule has 0 fully saturated rings. The molecule has 0 bridgehead atoms. The van der Waals surface area contributed by atoms with Crippen molar-refractivity contribution in [2.24, 2.45) is 0 Å². The van der Waals surface area contributed by atoms with Crippen molar-refractivity contribution in [3.8, 4) is 0 Å². The van der Waals surface area contributed by atoms with Crippen molar-refractivity contribution < 1.29 is 28.6 Å². The number of unbranched alkanes of at least 4 members (excludes halogenated alkanes) is 47. The Morgan fingerprint density at radius 1 is 0.253 bits per heavy atom. The molecule has 0 amide bonds. The van der Waals surface area contributed by atoms with Gasteiger partial charge in [-0.1, -0.05) is 358 Å². The maximum absolute atomic E-state index is 12.9. The average molecular weight is 1160 g/mol. The largest absolute Gasteiger partial charge is 0.462 e. The van der Waals surface area contributed by atoms with Crippen LogP contribution in [-0.2, 0) is 28.6 Å². The molecule has 0 aliphatic rings. The van der Waals surface area contributed by atoms with Crippen LogP contribution in [0.4, 0.5) is 0 Å². The van der Waals surface area contributed by atoms with Crippen molar-refractivity contribution in [3.63, 3.8) is 0 Å². The molecule has 0 spiro atoms. The molecule has 1 atom stereocenters. The predicted octanol–water partition coefficient (Wildman–Crippen LogP) is 25.5. The molecule has 1 unspecified atom stereocenters. The van der Waals surface area contributed by atoms with Gasteiger partial charge in [-0.05, 0) is 77.0 Å². The highest BCUT2D eigenvalue weighted by atomic mass is 16.6. The first-order valence-corrected chi connectivity index (χ1v) is 36.8. The Kier molecular flexibility index (Phi) is 69.1. The smallest absolute Gasteiger partial charge is 0.306 e. The Morgan fingerprint density at radius 2 is 0.494 bits per heavy atom. The molecule has 83 heavy (non-hydrogen) atoms. The topological polar surface area (TPSA) is 78.9 Å². The summed E-state index contributed by atoms with van der Waals surface area (Å²) in [5, 5.41) is 0. The summed E-state index contributed by atoms with van der Waals surface area (Å²) in [5.41, 5.74) is 0. The highest BCUT2D eigenvalue weighted by molar-refractivity contribution is 5.71.